The van der Waals surface area contributed by atoms with Gasteiger partial charge in [-0.2, -0.15) is 10.1 Å². The molecule has 3 aromatic rings. The van der Waals surface area contributed by atoms with E-state index in [2.05, 4.69) is 10.1 Å². The van der Waals surface area contributed by atoms with Gasteiger partial charge in [-0.05, 0) is 37.6 Å². The van der Waals surface area contributed by atoms with Gasteiger partial charge in [0.1, 0.15) is 36.4 Å². The molecule has 0 radical (unpaired) electrons. The van der Waals surface area contributed by atoms with E-state index in [9.17, 15) is 19.3 Å². The maximum Gasteiger partial charge on any atom is 0.459 e. The van der Waals surface area contributed by atoms with Crippen molar-refractivity contribution >= 4 is 19.5 Å². The number of esters is 1. The maximum absolute atomic E-state index is 16.0. The Balaban J connectivity index is 1.44. The van der Waals surface area contributed by atoms with Crippen molar-refractivity contribution in [3.8, 4) is 5.75 Å². The minimum absolute atomic E-state index is 0.00187. The number of nitrogens with zero attached hydrogens (tertiary/aromatic N) is 2. The lowest BCUT2D eigenvalue weighted by Gasteiger charge is -2.31. The van der Waals surface area contributed by atoms with Crippen LogP contribution in [-0.4, -0.2) is 57.8 Å². The number of halogens is 1. The van der Waals surface area contributed by atoms with Crippen molar-refractivity contribution in [2.24, 2.45) is 0 Å². The Labute approximate surface area is 235 Å². The third kappa shape index (κ3) is 7.38. The molecule has 1 fully saturated rings. The molecule has 220 valence electrons. The molecule has 0 bridgehead atoms. The largest absolute Gasteiger partial charge is 0.460 e. The molecule has 2 heterocycles. The first-order chi connectivity index (χ1) is 19.5. The minimum Gasteiger partial charge on any atom is -0.460 e. The number of nitrogen functional groups attached to an aromatic ring is 1. The molecule has 4 N–H and O–H groups in total. The van der Waals surface area contributed by atoms with Crippen molar-refractivity contribution in [2.45, 2.75) is 50.4 Å². The number of rotatable bonds is 12. The molecule has 1 aromatic heterocycles. The highest BCUT2D eigenvalue weighted by Gasteiger charge is 2.55. The smallest absolute Gasteiger partial charge is 0.459 e. The number of anilines is 1. The molecule has 0 amide bonds. The summed E-state index contributed by atoms with van der Waals surface area (Å²) in [6.45, 7) is 1.66. The summed E-state index contributed by atoms with van der Waals surface area (Å²) in [5, 5.41) is 13.4. The number of hydrogen-bond donors (Lipinski definition) is 3. The average molecular weight is 591 g/mol. The molecule has 0 aliphatic carbocycles. The molecule has 1 aliphatic rings. The van der Waals surface area contributed by atoms with Gasteiger partial charge in [0, 0.05) is 6.20 Å². The van der Waals surface area contributed by atoms with E-state index in [1.165, 1.54) is 38.2 Å². The molecule has 2 aromatic carbocycles. The Morgan fingerprint density at radius 3 is 2.54 bits per heavy atom. The van der Waals surface area contributed by atoms with Crippen LogP contribution in [-0.2, 0) is 30.0 Å². The molecule has 4 rings (SSSR count). The second-order valence-corrected chi connectivity index (χ2v) is 11.3. The van der Waals surface area contributed by atoms with Gasteiger partial charge >= 0.3 is 19.4 Å². The second-order valence-electron chi connectivity index (χ2n) is 9.58. The number of nitrogens with two attached hydrogens (primary N) is 1. The van der Waals surface area contributed by atoms with Gasteiger partial charge < -0.3 is 24.8 Å². The Morgan fingerprint density at radius 1 is 1.22 bits per heavy atom. The number of carbonyl (C=O) groups is 1. The predicted molar refractivity (Wildman–Crippen MR) is 147 cm³/mol. The van der Waals surface area contributed by atoms with Gasteiger partial charge in [0.15, 0.2) is 5.67 Å². The number of para-hydroxylation sites is 1. The lowest BCUT2D eigenvalue weighted by atomic mass is 9.91. The molecule has 6 atom stereocenters. The Kier molecular flexibility index (Phi) is 9.57. The predicted octanol–water partition coefficient (Wildman–Crippen LogP) is 2.78. The summed E-state index contributed by atoms with van der Waals surface area (Å²) in [5.74, 6) is -0.573. The number of ether oxygens (including phenoxy) is 2. The van der Waals surface area contributed by atoms with Crippen molar-refractivity contribution in [1.29, 1.82) is 0 Å². The number of aliphatic hydroxyl groups is 1. The van der Waals surface area contributed by atoms with E-state index in [0.717, 1.165) is 10.1 Å². The van der Waals surface area contributed by atoms with Crippen LogP contribution in [0.15, 0.2) is 77.7 Å². The van der Waals surface area contributed by atoms with Crippen molar-refractivity contribution in [3.63, 3.8) is 0 Å². The van der Waals surface area contributed by atoms with E-state index in [0.29, 0.717) is 0 Å². The molecular weight excluding hydrogens is 558 g/mol. The minimum atomic E-state index is -4.31. The van der Waals surface area contributed by atoms with Crippen LogP contribution in [0.1, 0.15) is 25.5 Å². The summed E-state index contributed by atoms with van der Waals surface area (Å²) in [5.41, 5.74) is 3.07. The highest BCUT2D eigenvalue weighted by Crippen LogP contribution is 2.46. The molecule has 12 nitrogen and oxygen atoms in total. The number of aliphatic hydroxyl groups excluding tert-OH is 1. The van der Waals surface area contributed by atoms with Crippen LogP contribution in [0.25, 0.3) is 0 Å². The normalized spacial score (nSPS) is 23.3. The van der Waals surface area contributed by atoms with Crippen LogP contribution < -0.4 is 21.0 Å². The number of benzene rings is 2. The number of carbonyl (C=O) groups excluding carboxylic acids is 1. The fraction of sp³-hybridized carbons (Fsp3) is 0.370. The average Bonchev–Trinajstić information content (AvgIpc) is 3.25. The molecule has 1 aliphatic heterocycles. The van der Waals surface area contributed by atoms with Crippen LogP contribution in [0.4, 0.5) is 10.2 Å². The molecule has 41 heavy (non-hydrogen) atoms. The van der Waals surface area contributed by atoms with Gasteiger partial charge in [-0.25, -0.2) is 13.8 Å². The SMILES string of the molecule is C[C@H](N[P@](=O)(OCC1OC[C@@](F)([C@@H](C)n2ccc(N)nc2=O)C1O)Oc1ccccc1)C(=O)OCc1ccccc1. The molecule has 14 heteroatoms. The quantitative estimate of drug-likeness (QED) is 0.210. The highest BCUT2D eigenvalue weighted by atomic mass is 31.2. The summed E-state index contributed by atoms with van der Waals surface area (Å²) >= 11 is 0. The summed E-state index contributed by atoms with van der Waals surface area (Å²) in [4.78, 5) is 28.5. The van der Waals surface area contributed by atoms with E-state index < -0.39 is 62.6 Å². The zero-order valence-corrected chi connectivity index (χ0v) is 23.4. The van der Waals surface area contributed by atoms with Crippen LogP contribution in [0.3, 0.4) is 0 Å². The topological polar surface area (TPSA) is 164 Å². The zero-order chi connectivity index (χ0) is 29.6. The van der Waals surface area contributed by atoms with Crippen molar-refractivity contribution < 1.29 is 37.4 Å². The Morgan fingerprint density at radius 2 is 1.88 bits per heavy atom. The highest BCUT2D eigenvalue weighted by molar-refractivity contribution is 7.52. The number of hydrogen-bond acceptors (Lipinski definition) is 10. The lowest BCUT2D eigenvalue weighted by molar-refractivity contribution is -0.146. The number of alkyl halides is 1. The number of aromatic nitrogens is 2. The van der Waals surface area contributed by atoms with Gasteiger partial charge in [-0.15, -0.1) is 0 Å². The zero-order valence-electron chi connectivity index (χ0n) is 22.5. The fourth-order valence-electron chi connectivity index (χ4n) is 4.20. The van der Waals surface area contributed by atoms with E-state index in [4.69, 9.17) is 24.3 Å². The Bertz CT molecular complexity index is 1430. The molecular formula is C27H32FN4O8P. The monoisotopic (exact) mass is 590 g/mol. The summed E-state index contributed by atoms with van der Waals surface area (Å²) in [7, 11) is -4.31. The summed E-state index contributed by atoms with van der Waals surface area (Å²) < 4.78 is 52.7. The Hall–Kier alpha value is -3.61. The summed E-state index contributed by atoms with van der Waals surface area (Å²) in [6.07, 6.45) is -1.78. The lowest BCUT2D eigenvalue weighted by Crippen LogP contribution is -2.49. The molecule has 0 saturated carbocycles. The van der Waals surface area contributed by atoms with Gasteiger partial charge in [-0.1, -0.05) is 48.5 Å². The maximum atomic E-state index is 16.0. The molecule has 0 spiro atoms. The standard InChI is InChI=1S/C27H32FN4O8P/c1-18(25(34)37-15-20-9-5-3-6-10-20)31-41(36,40-21-11-7-4-8-12-21)39-16-22-24(33)27(28,17-38-22)19(2)32-14-13-23(29)30-26(32)35/h3-14,18-19,22,24,33H,15-17H2,1-2H3,(H,31,36)(H2,29,30,35)/t18-,19+,22?,24?,27+,41-/m0/s1. The van der Waals surface area contributed by atoms with Gasteiger partial charge in [0.25, 0.3) is 0 Å². The van der Waals surface area contributed by atoms with Crippen LogP contribution in [0.5, 0.6) is 5.75 Å². The van der Waals surface area contributed by atoms with E-state index >= 15 is 4.39 Å². The van der Waals surface area contributed by atoms with E-state index in [1.54, 1.807) is 42.5 Å². The van der Waals surface area contributed by atoms with Gasteiger partial charge in [-0.3, -0.25) is 13.9 Å². The van der Waals surface area contributed by atoms with Crippen molar-refractivity contribution in [3.05, 3.63) is 89.0 Å². The van der Waals surface area contributed by atoms with Crippen molar-refractivity contribution in [2.75, 3.05) is 18.9 Å². The van der Waals surface area contributed by atoms with Crippen LogP contribution >= 0.6 is 7.75 Å². The number of nitrogens with one attached hydrogen (secondary N) is 1. The first-order valence-electron chi connectivity index (χ1n) is 12.8. The molecule has 2 unspecified atom stereocenters. The fourth-order valence-corrected chi connectivity index (χ4v) is 5.71. The van der Waals surface area contributed by atoms with Crippen LogP contribution in [0, 0.1) is 0 Å². The first-order valence-corrected chi connectivity index (χ1v) is 14.4. The van der Waals surface area contributed by atoms with E-state index in [-0.39, 0.29) is 18.2 Å². The molecule has 1 saturated heterocycles. The third-order valence-corrected chi connectivity index (χ3v) is 8.28. The van der Waals surface area contributed by atoms with E-state index in [1.807, 2.05) is 6.07 Å². The second kappa shape index (κ2) is 12.9. The third-order valence-electron chi connectivity index (χ3n) is 6.63. The van der Waals surface area contributed by atoms with Gasteiger partial charge in [0.05, 0.1) is 19.3 Å². The first kappa shape index (κ1) is 30.4. The van der Waals surface area contributed by atoms with Crippen molar-refractivity contribution in [1.82, 2.24) is 14.6 Å². The summed E-state index contributed by atoms with van der Waals surface area (Å²) in [6, 6.07) is 16.1. The van der Waals surface area contributed by atoms with Gasteiger partial charge in [0.2, 0.25) is 0 Å². The van der Waals surface area contributed by atoms with Crippen LogP contribution in [0.2, 0.25) is 0 Å².